The lowest BCUT2D eigenvalue weighted by molar-refractivity contribution is 0.581. The number of sulfonamides is 1. The molecule has 2 aromatic rings. The Labute approximate surface area is 130 Å². The van der Waals surface area contributed by atoms with Crippen molar-refractivity contribution in [1.82, 2.24) is 9.71 Å². The van der Waals surface area contributed by atoms with E-state index in [4.69, 9.17) is 0 Å². The maximum absolute atomic E-state index is 12.1. The summed E-state index contributed by atoms with van der Waals surface area (Å²) in [4.78, 5) is 4.68. The third-order valence-corrected chi connectivity index (χ3v) is 5.03. The van der Waals surface area contributed by atoms with Crippen LogP contribution in [0.1, 0.15) is 24.1 Å². The van der Waals surface area contributed by atoms with Gasteiger partial charge in [-0.2, -0.15) is 0 Å². The maximum Gasteiger partial charge on any atom is 0.240 e. The van der Waals surface area contributed by atoms with Crippen LogP contribution in [0.5, 0.6) is 0 Å². The summed E-state index contributed by atoms with van der Waals surface area (Å²) in [6.07, 6.45) is 1.87. The lowest BCUT2D eigenvalue weighted by Crippen LogP contribution is -2.25. The molecule has 1 aliphatic carbocycles. The predicted octanol–water partition coefficient (Wildman–Crippen LogP) is 2.44. The van der Waals surface area contributed by atoms with Crippen LogP contribution in [0.25, 0.3) is 0 Å². The van der Waals surface area contributed by atoms with E-state index >= 15 is 0 Å². The molecule has 0 aliphatic heterocycles. The molecule has 0 bridgehead atoms. The molecule has 1 fully saturated rings. The maximum atomic E-state index is 12.1. The SMILES string of the molecule is Cc1cccc(NCc2ccc(S(=O)(=O)NC3CC3)cc2)n1. The monoisotopic (exact) mass is 317 g/mol. The molecule has 0 saturated heterocycles. The molecule has 1 aromatic heterocycles. The molecular weight excluding hydrogens is 298 g/mol. The van der Waals surface area contributed by atoms with Crippen LogP contribution < -0.4 is 10.0 Å². The third kappa shape index (κ3) is 3.84. The number of nitrogens with zero attached hydrogens (tertiary/aromatic N) is 1. The summed E-state index contributed by atoms with van der Waals surface area (Å²) in [6, 6.07) is 12.9. The topological polar surface area (TPSA) is 71.1 Å². The quantitative estimate of drug-likeness (QED) is 0.858. The van der Waals surface area contributed by atoms with E-state index in [1.54, 1.807) is 12.1 Å². The highest BCUT2D eigenvalue weighted by Gasteiger charge is 2.27. The van der Waals surface area contributed by atoms with Crippen LogP contribution in [0.4, 0.5) is 5.82 Å². The van der Waals surface area contributed by atoms with E-state index in [2.05, 4.69) is 15.0 Å². The second-order valence-corrected chi connectivity index (χ2v) is 7.27. The third-order valence-electron chi connectivity index (χ3n) is 3.49. The van der Waals surface area contributed by atoms with E-state index in [9.17, 15) is 8.42 Å². The van der Waals surface area contributed by atoms with Crippen molar-refractivity contribution in [2.75, 3.05) is 5.32 Å². The van der Waals surface area contributed by atoms with E-state index in [0.29, 0.717) is 11.4 Å². The van der Waals surface area contributed by atoms with E-state index in [0.717, 1.165) is 29.9 Å². The minimum Gasteiger partial charge on any atom is -0.366 e. The summed E-state index contributed by atoms with van der Waals surface area (Å²) >= 11 is 0. The molecule has 3 rings (SSSR count). The van der Waals surface area contributed by atoms with Gasteiger partial charge in [0.1, 0.15) is 5.82 Å². The zero-order valence-corrected chi connectivity index (χ0v) is 13.2. The summed E-state index contributed by atoms with van der Waals surface area (Å²) in [5.41, 5.74) is 1.96. The summed E-state index contributed by atoms with van der Waals surface area (Å²) in [7, 11) is -3.37. The molecule has 1 aromatic carbocycles. The number of hydrogen-bond donors (Lipinski definition) is 2. The summed E-state index contributed by atoms with van der Waals surface area (Å²) in [6.45, 7) is 2.55. The van der Waals surface area contributed by atoms with Crippen LogP contribution in [0.15, 0.2) is 47.4 Å². The van der Waals surface area contributed by atoms with Crippen LogP contribution in [-0.4, -0.2) is 19.4 Å². The standard InChI is InChI=1S/C16H19N3O2S/c1-12-3-2-4-16(18-12)17-11-13-5-9-15(10-6-13)22(20,21)19-14-7-8-14/h2-6,9-10,14,19H,7-8,11H2,1H3,(H,17,18). The van der Waals surface area contributed by atoms with Gasteiger partial charge in [-0.15, -0.1) is 0 Å². The van der Waals surface area contributed by atoms with Crippen LogP contribution in [0.2, 0.25) is 0 Å². The van der Waals surface area contributed by atoms with Crippen molar-refractivity contribution in [2.45, 2.75) is 37.2 Å². The van der Waals surface area contributed by atoms with E-state index < -0.39 is 10.0 Å². The molecule has 0 amide bonds. The normalized spacial score (nSPS) is 14.8. The molecule has 116 valence electrons. The van der Waals surface area contributed by atoms with Crippen LogP contribution in [-0.2, 0) is 16.6 Å². The molecule has 2 N–H and O–H groups in total. The average Bonchev–Trinajstić information content (AvgIpc) is 3.29. The van der Waals surface area contributed by atoms with Gasteiger partial charge in [0.2, 0.25) is 10.0 Å². The fourth-order valence-corrected chi connectivity index (χ4v) is 3.41. The van der Waals surface area contributed by atoms with Gasteiger partial charge in [0.05, 0.1) is 4.90 Å². The molecule has 1 aliphatic rings. The van der Waals surface area contributed by atoms with Crippen molar-refractivity contribution in [3.8, 4) is 0 Å². The lowest BCUT2D eigenvalue weighted by Gasteiger charge is -2.08. The van der Waals surface area contributed by atoms with E-state index in [1.165, 1.54) is 0 Å². The van der Waals surface area contributed by atoms with Crippen molar-refractivity contribution in [1.29, 1.82) is 0 Å². The largest absolute Gasteiger partial charge is 0.366 e. The van der Waals surface area contributed by atoms with Gasteiger partial charge in [-0.1, -0.05) is 18.2 Å². The number of anilines is 1. The van der Waals surface area contributed by atoms with Crippen LogP contribution in [0.3, 0.4) is 0 Å². The molecule has 5 nitrogen and oxygen atoms in total. The minimum atomic E-state index is -3.37. The van der Waals surface area contributed by atoms with E-state index in [1.807, 2.05) is 37.3 Å². The molecule has 1 saturated carbocycles. The molecular formula is C16H19N3O2S. The highest BCUT2D eigenvalue weighted by molar-refractivity contribution is 7.89. The Morgan fingerprint density at radius 2 is 1.86 bits per heavy atom. The lowest BCUT2D eigenvalue weighted by atomic mass is 10.2. The van der Waals surface area contributed by atoms with Gasteiger partial charge >= 0.3 is 0 Å². The predicted molar refractivity (Wildman–Crippen MR) is 86.1 cm³/mol. The molecule has 0 unspecified atom stereocenters. The number of hydrogen-bond acceptors (Lipinski definition) is 4. The minimum absolute atomic E-state index is 0.124. The van der Waals surface area contributed by atoms with E-state index in [-0.39, 0.29) is 6.04 Å². The van der Waals surface area contributed by atoms with Crippen molar-refractivity contribution < 1.29 is 8.42 Å². The summed E-state index contributed by atoms with van der Waals surface area (Å²) in [5, 5.41) is 3.23. The highest BCUT2D eigenvalue weighted by atomic mass is 32.2. The van der Waals surface area contributed by atoms with Gasteiger partial charge < -0.3 is 5.32 Å². The van der Waals surface area contributed by atoms with Gasteiger partial charge in [-0.25, -0.2) is 18.1 Å². The zero-order valence-electron chi connectivity index (χ0n) is 12.4. The first-order valence-electron chi connectivity index (χ1n) is 7.32. The number of nitrogens with one attached hydrogen (secondary N) is 2. The Kier molecular flexibility index (Phi) is 4.13. The van der Waals surface area contributed by atoms with Crippen molar-refractivity contribution in [3.05, 3.63) is 53.7 Å². The molecule has 1 heterocycles. The molecule has 6 heteroatoms. The number of rotatable bonds is 6. The van der Waals surface area contributed by atoms with Gasteiger partial charge in [-0.05, 0) is 49.6 Å². The number of benzene rings is 1. The smallest absolute Gasteiger partial charge is 0.240 e. The summed E-state index contributed by atoms with van der Waals surface area (Å²) < 4.78 is 26.8. The Morgan fingerprint density at radius 3 is 2.50 bits per heavy atom. The van der Waals surface area contributed by atoms with Gasteiger partial charge in [0.25, 0.3) is 0 Å². The highest BCUT2D eigenvalue weighted by Crippen LogP contribution is 2.22. The van der Waals surface area contributed by atoms with Crippen LogP contribution in [0, 0.1) is 6.92 Å². The fourth-order valence-electron chi connectivity index (χ4n) is 2.11. The average molecular weight is 317 g/mol. The molecule has 22 heavy (non-hydrogen) atoms. The van der Waals surface area contributed by atoms with Gasteiger partial charge in [0, 0.05) is 18.3 Å². The van der Waals surface area contributed by atoms with Crippen molar-refractivity contribution >= 4 is 15.8 Å². The molecule has 0 radical (unpaired) electrons. The van der Waals surface area contributed by atoms with Gasteiger partial charge in [0.15, 0.2) is 0 Å². The zero-order chi connectivity index (χ0) is 15.6. The van der Waals surface area contributed by atoms with Crippen LogP contribution >= 0.6 is 0 Å². The number of pyridine rings is 1. The molecule has 0 atom stereocenters. The first kappa shape index (κ1) is 15.0. The fraction of sp³-hybridized carbons (Fsp3) is 0.312. The van der Waals surface area contributed by atoms with Crippen molar-refractivity contribution in [2.24, 2.45) is 0 Å². The Balaban J connectivity index is 1.64. The first-order chi connectivity index (χ1) is 10.5. The van der Waals surface area contributed by atoms with Crippen molar-refractivity contribution in [3.63, 3.8) is 0 Å². The Hall–Kier alpha value is -1.92. The Morgan fingerprint density at radius 1 is 1.14 bits per heavy atom. The second kappa shape index (κ2) is 6.06. The second-order valence-electron chi connectivity index (χ2n) is 5.56. The molecule has 0 spiro atoms. The Bertz CT molecular complexity index is 753. The number of aryl methyl sites for hydroxylation is 1. The first-order valence-corrected chi connectivity index (χ1v) is 8.80. The van der Waals surface area contributed by atoms with Gasteiger partial charge in [-0.3, -0.25) is 0 Å². The number of aromatic nitrogens is 1. The summed E-state index contributed by atoms with van der Waals surface area (Å²) in [5.74, 6) is 0.812.